The van der Waals surface area contributed by atoms with Crippen LogP contribution in [0.4, 0.5) is 5.69 Å². The standard InChI is InChI=1S/C15H14ClN3O2/c16-12-1-3-13(4-2-12)19-15(21)9-14(20)18-10-11-5-7-17-8-6-11/h1-8H,9-10H2,(H,18,20)(H,19,21). The Morgan fingerprint density at radius 2 is 1.67 bits per heavy atom. The van der Waals surface area contributed by atoms with E-state index in [9.17, 15) is 9.59 Å². The molecule has 0 aliphatic heterocycles. The van der Waals surface area contributed by atoms with Crippen LogP contribution < -0.4 is 10.6 Å². The van der Waals surface area contributed by atoms with E-state index in [0.717, 1.165) is 5.56 Å². The summed E-state index contributed by atoms with van der Waals surface area (Å²) >= 11 is 5.75. The normalized spacial score (nSPS) is 9.95. The molecule has 21 heavy (non-hydrogen) atoms. The van der Waals surface area contributed by atoms with Gasteiger partial charge in [-0.2, -0.15) is 0 Å². The highest BCUT2D eigenvalue weighted by Crippen LogP contribution is 2.13. The van der Waals surface area contributed by atoms with Crippen molar-refractivity contribution < 1.29 is 9.59 Å². The molecule has 0 saturated carbocycles. The fourth-order valence-corrected chi connectivity index (χ4v) is 1.77. The van der Waals surface area contributed by atoms with Crippen LogP contribution in [0.5, 0.6) is 0 Å². The van der Waals surface area contributed by atoms with Crippen molar-refractivity contribution >= 4 is 29.1 Å². The summed E-state index contributed by atoms with van der Waals surface area (Å²) in [7, 11) is 0. The molecule has 1 heterocycles. The zero-order chi connectivity index (χ0) is 15.1. The van der Waals surface area contributed by atoms with Crippen LogP contribution in [0.15, 0.2) is 48.8 Å². The van der Waals surface area contributed by atoms with Gasteiger partial charge in [-0.25, -0.2) is 0 Å². The Morgan fingerprint density at radius 1 is 1.00 bits per heavy atom. The number of nitrogens with zero attached hydrogens (tertiary/aromatic N) is 1. The molecule has 5 nitrogen and oxygen atoms in total. The van der Waals surface area contributed by atoms with Gasteiger partial charge in [0.2, 0.25) is 11.8 Å². The molecule has 0 unspecified atom stereocenters. The number of benzene rings is 1. The molecule has 6 heteroatoms. The number of carbonyl (C=O) groups is 2. The number of amides is 2. The van der Waals surface area contributed by atoms with Gasteiger partial charge in [0, 0.05) is 29.6 Å². The smallest absolute Gasteiger partial charge is 0.233 e. The first-order valence-electron chi connectivity index (χ1n) is 6.34. The number of rotatable bonds is 5. The monoisotopic (exact) mass is 303 g/mol. The van der Waals surface area contributed by atoms with E-state index in [-0.39, 0.29) is 18.2 Å². The Labute approximate surface area is 127 Å². The minimum Gasteiger partial charge on any atom is -0.352 e. The van der Waals surface area contributed by atoms with Crippen LogP contribution >= 0.6 is 11.6 Å². The van der Waals surface area contributed by atoms with Crippen LogP contribution in [0.25, 0.3) is 0 Å². The first-order valence-corrected chi connectivity index (χ1v) is 6.72. The van der Waals surface area contributed by atoms with E-state index in [1.54, 1.807) is 48.8 Å². The maximum atomic E-state index is 11.7. The lowest BCUT2D eigenvalue weighted by atomic mass is 10.2. The number of hydrogen-bond acceptors (Lipinski definition) is 3. The molecule has 2 rings (SSSR count). The molecule has 2 amide bonds. The number of nitrogens with one attached hydrogen (secondary N) is 2. The first-order chi connectivity index (χ1) is 10.1. The molecule has 0 aliphatic carbocycles. The average molecular weight is 304 g/mol. The Hall–Kier alpha value is -2.40. The lowest BCUT2D eigenvalue weighted by molar-refractivity contribution is -0.126. The van der Waals surface area contributed by atoms with E-state index in [0.29, 0.717) is 17.3 Å². The summed E-state index contributed by atoms with van der Waals surface area (Å²) in [5, 5.41) is 5.89. The summed E-state index contributed by atoms with van der Waals surface area (Å²) in [6.07, 6.45) is 3.07. The predicted molar refractivity (Wildman–Crippen MR) is 80.8 cm³/mol. The second-order valence-electron chi connectivity index (χ2n) is 4.36. The second kappa shape index (κ2) is 7.40. The third-order valence-electron chi connectivity index (χ3n) is 2.69. The van der Waals surface area contributed by atoms with E-state index in [2.05, 4.69) is 15.6 Å². The molecule has 1 aromatic heterocycles. The lowest BCUT2D eigenvalue weighted by Gasteiger charge is -2.06. The highest BCUT2D eigenvalue weighted by molar-refractivity contribution is 6.30. The van der Waals surface area contributed by atoms with Crippen molar-refractivity contribution in [3.8, 4) is 0 Å². The number of halogens is 1. The van der Waals surface area contributed by atoms with Crippen molar-refractivity contribution in [2.45, 2.75) is 13.0 Å². The van der Waals surface area contributed by atoms with Gasteiger partial charge in [0.25, 0.3) is 0 Å². The van der Waals surface area contributed by atoms with Gasteiger partial charge in [0.05, 0.1) is 0 Å². The molecule has 108 valence electrons. The fraction of sp³-hybridized carbons (Fsp3) is 0.133. The number of hydrogen-bond donors (Lipinski definition) is 2. The zero-order valence-corrected chi connectivity index (χ0v) is 11.9. The zero-order valence-electron chi connectivity index (χ0n) is 11.2. The molecule has 0 atom stereocenters. The van der Waals surface area contributed by atoms with Crippen molar-refractivity contribution in [3.63, 3.8) is 0 Å². The van der Waals surface area contributed by atoms with Crippen LogP contribution in [0, 0.1) is 0 Å². The van der Waals surface area contributed by atoms with Gasteiger partial charge < -0.3 is 10.6 Å². The highest BCUT2D eigenvalue weighted by Gasteiger charge is 2.09. The maximum Gasteiger partial charge on any atom is 0.233 e. The molecule has 0 bridgehead atoms. The first kappa shape index (κ1) is 15.0. The Morgan fingerprint density at radius 3 is 2.33 bits per heavy atom. The molecule has 2 N–H and O–H groups in total. The molecule has 0 fully saturated rings. The number of anilines is 1. The molecule has 1 aromatic carbocycles. The van der Waals surface area contributed by atoms with Crippen molar-refractivity contribution in [1.29, 1.82) is 0 Å². The summed E-state index contributed by atoms with van der Waals surface area (Å²) in [6.45, 7) is 0.371. The number of pyridine rings is 1. The minimum absolute atomic E-state index is 0.228. The van der Waals surface area contributed by atoms with Crippen LogP contribution in [0.1, 0.15) is 12.0 Å². The van der Waals surface area contributed by atoms with Gasteiger partial charge in [0.1, 0.15) is 6.42 Å². The van der Waals surface area contributed by atoms with Gasteiger partial charge in [0.15, 0.2) is 0 Å². The van der Waals surface area contributed by atoms with Crippen LogP contribution in [-0.4, -0.2) is 16.8 Å². The Bertz CT molecular complexity index is 615. The average Bonchev–Trinajstić information content (AvgIpc) is 2.48. The number of aromatic nitrogens is 1. The van der Waals surface area contributed by atoms with Crippen molar-refractivity contribution in [2.75, 3.05) is 5.32 Å². The molecule has 2 aromatic rings. The summed E-state index contributed by atoms with van der Waals surface area (Å²) in [4.78, 5) is 27.3. The topological polar surface area (TPSA) is 71.1 Å². The molecule has 0 radical (unpaired) electrons. The van der Waals surface area contributed by atoms with Crippen molar-refractivity contribution in [1.82, 2.24) is 10.3 Å². The van der Waals surface area contributed by atoms with Gasteiger partial charge in [-0.15, -0.1) is 0 Å². The summed E-state index contributed by atoms with van der Waals surface area (Å²) in [5.74, 6) is -0.706. The van der Waals surface area contributed by atoms with E-state index in [1.165, 1.54) is 0 Å². The Balaban J connectivity index is 1.77. The van der Waals surface area contributed by atoms with Gasteiger partial charge in [-0.3, -0.25) is 14.6 Å². The van der Waals surface area contributed by atoms with Gasteiger partial charge in [-0.1, -0.05) is 11.6 Å². The van der Waals surface area contributed by atoms with Gasteiger partial charge >= 0.3 is 0 Å². The van der Waals surface area contributed by atoms with Gasteiger partial charge in [-0.05, 0) is 42.0 Å². The maximum absolute atomic E-state index is 11.7. The van der Waals surface area contributed by atoms with E-state index in [1.807, 2.05) is 0 Å². The molecule has 0 aliphatic rings. The van der Waals surface area contributed by atoms with E-state index >= 15 is 0 Å². The highest BCUT2D eigenvalue weighted by atomic mass is 35.5. The predicted octanol–water partition coefficient (Wildman–Crippen LogP) is 2.38. The molecule has 0 saturated heterocycles. The van der Waals surface area contributed by atoms with Crippen molar-refractivity contribution in [2.24, 2.45) is 0 Å². The van der Waals surface area contributed by atoms with Crippen LogP contribution in [0.2, 0.25) is 5.02 Å². The summed E-state index contributed by atoms with van der Waals surface area (Å²) in [5.41, 5.74) is 1.53. The largest absolute Gasteiger partial charge is 0.352 e. The Kier molecular flexibility index (Phi) is 5.29. The second-order valence-corrected chi connectivity index (χ2v) is 4.80. The summed E-state index contributed by atoms with van der Waals surface area (Å²) in [6, 6.07) is 10.3. The summed E-state index contributed by atoms with van der Waals surface area (Å²) < 4.78 is 0. The SMILES string of the molecule is O=C(CC(=O)Nc1ccc(Cl)cc1)NCc1ccncc1. The quantitative estimate of drug-likeness (QED) is 0.833. The minimum atomic E-state index is -0.371. The molecular formula is C15H14ClN3O2. The fourth-order valence-electron chi connectivity index (χ4n) is 1.65. The van der Waals surface area contributed by atoms with Crippen molar-refractivity contribution in [3.05, 3.63) is 59.4 Å². The van der Waals surface area contributed by atoms with Crippen LogP contribution in [0.3, 0.4) is 0 Å². The third kappa shape index (κ3) is 5.24. The lowest BCUT2D eigenvalue weighted by Crippen LogP contribution is -2.27. The molecular weight excluding hydrogens is 290 g/mol. The van der Waals surface area contributed by atoms with E-state index < -0.39 is 0 Å². The third-order valence-corrected chi connectivity index (χ3v) is 2.94. The molecule has 0 spiro atoms. The number of carbonyl (C=O) groups excluding carboxylic acids is 2. The van der Waals surface area contributed by atoms with Crippen LogP contribution in [-0.2, 0) is 16.1 Å². The van der Waals surface area contributed by atoms with E-state index in [4.69, 9.17) is 11.6 Å².